The summed E-state index contributed by atoms with van der Waals surface area (Å²) >= 11 is 0. The Morgan fingerprint density at radius 2 is 1.41 bits per heavy atom. The van der Waals surface area contributed by atoms with Crippen molar-refractivity contribution >= 4 is 11.4 Å². The molecule has 1 aliphatic rings. The second kappa shape index (κ2) is 12.4. The van der Waals surface area contributed by atoms with Crippen molar-refractivity contribution in [1.29, 1.82) is 0 Å². The number of nitrogens with zero attached hydrogens (tertiary/aromatic N) is 2. The number of hydrogen-bond acceptors (Lipinski definition) is 6. The van der Waals surface area contributed by atoms with Crippen molar-refractivity contribution in [1.82, 2.24) is 0 Å². The number of fused-ring (bicyclic) bond motifs is 1. The van der Waals surface area contributed by atoms with Gasteiger partial charge in [0.05, 0.1) is 27.4 Å². The van der Waals surface area contributed by atoms with E-state index in [2.05, 4.69) is 38.0 Å². The fourth-order valence-corrected chi connectivity index (χ4v) is 4.13. The zero-order valence-corrected chi connectivity index (χ0v) is 21.4. The second-order valence-corrected chi connectivity index (χ2v) is 8.51. The number of hydrogen-bond donors (Lipinski definition) is 0. The van der Waals surface area contributed by atoms with Crippen LogP contribution in [0.3, 0.4) is 0 Å². The molecule has 1 heterocycles. The number of unbranched alkanes of at least 4 members (excludes halogenated alkanes) is 2. The van der Waals surface area contributed by atoms with E-state index >= 15 is 0 Å². The summed E-state index contributed by atoms with van der Waals surface area (Å²) in [6, 6.07) is 10.1. The molecule has 0 bridgehead atoms. The molecule has 3 rings (SSSR count). The van der Waals surface area contributed by atoms with Gasteiger partial charge in [-0.1, -0.05) is 33.6 Å². The fraction of sp³-hybridized carbons (Fsp3) is 0.500. The Hall–Kier alpha value is -3.02. The van der Waals surface area contributed by atoms with Gasteiger partial charge in [0, 0.05) is 22.8 Å². The Balaban J connectivity index is 2.10. The van der Waals surface area contributed by atoms with Gasteiger partial charge in [-0.25, -0.2) is 0 Å². The van der Waals surface area contributed by atoms with Crippen LogP contribution in [0.2, 0.25) is 0 Å². The summed E-state index contributed by atoms with van der Waals surface area (Å²) in [4.78, 5) is 0. The van der Waals surface area contributed by atoms with E-state index in [1.54, 1.807) is 14.2 Å². The maximum absolute atomic E-state index is 6.11. The van der Waals surface area contributed by atoms with Crippen LogP contribution in [0.5, 0.6) is 23.0 Å². The summed E-state index contributed by atoms with van der Waals surface area (Å²) in [5.74, 6) is 3.03. The van der Waals surface area contributed by atoms with Gasteiger partial charge in [-0.05, 0) is 62.1 Å². The molecule has 34 heavy (non-hydrogen) atoms. The summed E-state index contributed by atoms with van der Waals surface area (Å²) < 4.78 is 23.4. The Kier molecular flexibility index (Phi) is 9.37. The standard InChI is InChI=1S/C28H38N2O4/c1-7-10-14-33-24-13-12-20(16-25(24)31-5)28-23-18-27(34-15-11-8-2)26(32-6)17-22(23)21(9-3)19(4)29-30-28/h12-13,16-18,21H,7-11,14-15H2,1-6H3. The van der Waals surface area contributed by atoms with Gasteiger partial charge >= 0.3 is 0 Å². The molecule has 0 saturated heterocycles. The van der Waals surface area contributed by atoms with Crippen molar-refractivity contribution in [3.8, 4) is 23.0 Å². The Labute approximate surface area is 204 Å². The molecule has 184 valence electrons. The molecule has 6 nitrogen and oxygen atoms in total. The zero-order chi connectivity index (χ0) is 24.5. The van der Waals surface area contributed by atoms with Crippen LogP contribution in [0.1, 0.15) is 82.4 Å². The van der Waals surface area contributed by atoms with Crippen LogP contribution in [0.15, 0.2) is 40.5 Å². The molecule has 0 saturated carbocycles. The Bertz CT molecular complexity index is 1030. The Morgan fingerprint density at radius 1 is 0.765 bits per heavy atom. The van der Waals surface area contributed by atoms with Crippen molar-refractivity contribution in [2.75, 3.05) is 27.4 Å². The molecule has 6 heteroatoms. The molecule has 0 radical (unpaired) electrons. The first-order chi connectivity index (χ1) is 16.6. The quantitative estimate of drug-likeness (QED) is 0.323. The molecule has 0 N–H and O–H groups in total. The summed E-state index contributed by atoms with van der Waals surface area (Å²) in [6.07, 6.45) is 5.04. The van der Waals surface area contributed by atoms with E-state index in [1.807, 2.05) is 25.1 Å². The van der Waals surface area contributed by atoms with Crippen molar-refractivity contribution < 1.29 is 18.9 Å². The molecule has 0 aliphatic carbocycles. The predicted octanol–water partition coefficient (Wildman–Crippen LogP) is 6.78. The molecule has 0 amide bonds. The summed E-state index contributed by atoms with van der Waals surface area (Å²) in [5, 5.41) is 9.30. The first-order valence-electron chi connectivity index (χ1n) is 12.4. The average Bonchev–Trinajstić information content (AvgIpc) is 2.99. The molecular formula is C28H38N2O4. The first kappa shape index (κ1) is 25.6. The smallest absolute Gasteiger partial charge is 0.161 e. The summed E-state index contributed by atoms with van der Waals surface area (Å²) in [7, 11) is 3.35. The SMILES string of the molecule is CCCCOc1ccc(C2=NN=C(C)C(CC)c3cc(OC)c(OCCCC)cc32)cc1OC. The molecule has 1 unspecified atom stereocenters. The van der Waals surface area contributed by atoms with Gasteiger partial charge in [-0.3, -0.25) is 0 Å². The van der Waals surface area contributed by atoms with Crippen LogP contribution in [-0.2, 0) is 0 Å². The minimum Gasteiger partial charge on any atom is -0.493 e. The minimum absolute atomic E-state index is 0.147. The lowest BCUT2D eigenvalue weighted by molar-refractivity contribution is 0.288. The van der Waals surface area contributed by atoms with Gasteiger partial charge < -0.3 is 18.9 Å². The molecule has 1 aliphatic heterocycles. The highest BCUT2D eigenvalue weighted by atomic mass is 16.5. The molecule has 1 atom stereocenters. The van der Waals surface area contributed by atoms with Crippen LogP contribution in [0.25, 0.3) is 0 Å². The minimum atomic E-state index is 0.147. The molecule has 2 aromatic carbocycles. The van der Waals surface area contributed by atoms with Crippen LogP contribution in [-0.4, -0.2) is 38.9 Å². The highest BCUT2D eigenvalue weighted by Gasteiger charge is 2.26. The van der Waals surface area contributed by atoms with Gasteiger partial charge in [0.25, 0.3) is 0 Å². The van der Waals surface area contributed by atoms with Crippen LogP contribution in [0.4, 0.5) is 0 Å². The lowest BCUT2D eigenvalue weighted by Gasteiger charge is -2.21. The van der Waals surface area contributed by atoms with E-state index in [-0.39, 0.29) is 5.92 Å². The van der Waals surface area contributed by atoms with E-state index in [0.29, 0.717) is 19.0 Å². The normalized spacial score (nSPS) is 15.1. The highest BCUT2D eigenvalue weighted by molar-refractivity contribution is 6.16. The van der Waals surface area contributed by atoms with Gasteiger partial charge in [0.1, 0.15) is 5.71 Å². The first-order valence-corrected chi connectivity index (χ1v) is 12.4. The number of ether oxygens (including phenoxy) is 4. The van der Waals surface area contributed by atoms with Gasteiger partial charge in [0.15, 0.2) is 23.0 Å². The van der Waals surface area contributed by atoms with E-state index in [9.17, 15) is 0 Å². The van der Waals surface area contributed by atoms with Crippen LogP contribution >= 0.6 is 0 Å². The second-order valence-electron chi connectivity index (χ2n) is 8.51. The maximum atomic E-state index is 6.11. The van der Waals surface area contributed by atoms with E-state index in [1.165, 1.54) is 0 Å². The third kappa shape index (κ3) is 5.72. The summed E-state index contributed by atoms with van der Waals surface area (Å²) in [6.45, 7) is 9.80. The van der Waals surface area contributed by atoms with Crippen molar-refractivity contribution in [2.24, 2.45) is 10.2 Å². The lowest BCUT2D eigenvalue weighted by Crippen LogP contribution is -2.13. The van der Waals surface area contributed by atoms with Gasteiger partial charge in [-0.15, -0.1) is 5.10 Å². The number of rotatable bonds is 12. The van der Waals surface area contributed by atoms with Crippen LogP contribution < -0.4 is 18.9 Å². The van der Waals surface area contributed by atoms with Gasteiger partial charge in [-0.2, -0.15) is 5.10 Å². The van der Waals surface area contributed by atoms with Crippen molar-refractivity contribution in [3.05, 3.63) is 47.0 Å². The predicted molar refractivity (Wildman–Crippen MR) is 139 cm³/mol. The molecule has 0 fully saturated rings. The van der Waals surface area contributed by atoms with Gasteiger partial charge in [0.2, 0.25) is 0 Å². The van der Waals surface area contributed by atoms with E-state index in [0.717, 1.165) is 77.5 Å². The molecule has 2 aromatic rings. The lowest BCUT2D eigenvalue weighted by atomic mass is 9.85. The number of methoxy groups -OCH3 is 2. The van der Waals surface area contributed by atoms with Crippen molar-refractivity contribution in [2.45, 2.75) is 65.7 Å². The van der Waals surface area contributed by atoms with Crippen LogP contribution in [0, 0.1) is 0 Å². The third-order valence-electron chi connectivity index (χ3n) is 6.13. The van der Waals surface area contributed by atoms with E-state index in [4.69, 9.17) is 24.0 Å². The summed E-state index contributed by atoms with van der Waals surface area (Å²) in [5.41, 5.74) is 4.82. The maximum Gasteiger partial charge on any atom is 0.161 e. The molecule has 0 aromatic heterocycles. The molecular weight excluding hydrogens is 428 g/mol. The molecule has 0 spiro atoms. The largest absolute Gasteiger partial charge is 0.493 e. The highest BCUT2D eigenvalue weighted by Crippen LogP contribution is 2.39. The van der Waals surface area contributed by atoms with Crippen molar-refractivity contribution in [3.63, 3.8) is 0 Å². The topological polar surface area (TPSA) is 61.6 Å². The Morgan fingerprint density at radius 3 is 2.03 bits per heavy atom. The fourth-order valence-electron chi connectivity index (χ4n) is 4.13. The van der Waals surface area contributed by atoms with E-state index < -0.39 is 0 Å². The monoisotopic (exact) mass is 466 g/mol. The zero-order valence-electron chi connectivity index (χ0n) is 21.4. The third-order valence-corrected chi connectivity index (χ3v) is 6.13. The number of benzene rings is 2. The average molecular weight is 467 g/mol.